The highest BCUT2D eigenvalue weighted by Crippen LogP contribution is 2.27. The van der Waals surface area contributed by atoms with Crippen molar-refractivity contribution in [2.45, 2.75) is 19.4 Å². The van der Waals surface area contributed by atoms with Gasteiger partial charge in [-0.15, -0.1) is 0 Å². The zero-order valence-corrected chi connectivity index (χ0v) is 5.43. The summed E-state index contributed by atoms with van der Waals surface area (Å²) in [4.78, 5) is 10.4. The van der Waals surface area contributed by atoms with Crippen molar-refractivity contribution in [1.82, 2.24) is 0 Å². The summed E-state index contributed by atoms with van der Waals surface area (Å²) in [6.45, 7) is 6.93. The third-order valence-electron chi connectivity index (χ3n) is 1.22. The highest BCUT2D eigenvalue weighted by Gasteiger charge is 2.37. The molecule has 1 rings (SSSR count). The maximum absolute atomic E-state index is 10.4. The van der Waals surface area contributed by atoms with Crippen LogP contribution >= 0.6 is 0 Å². The van der Waals surface area contributed by atoms with Crippen molar-refractivity contribution in [1.29, 1.82) is 0 Å². The van der Waals surface area contributed by atoms with E-state index in [1.165, 1.54) is 0 Å². The lowest BCUT2D eigenvalue weighted by Crippen LogP contribution is -2.19. The molecule has 3 heteroatoms. The molecule has 0 aromatic rings. The van der Waals surface area contributed by atoms with E-state index < -0.39 is 11.8 Å². The Hall–Kier alpha value is -0.990. The zero-order valence-electron chi connectivity index (χ0n) is 5.43. The first-order valence-corrected chi connectivity index (χ1v) is 2.62. The van der Waals surface area contributed by atoms with Gasteiger partial charge in [0, 0.05) is 0 Å². The topological polar surface area (TPSA) is 35.5 Å². The Labute approximate surface area is 53.3 Å². The van der Waals surface area contributed by atoms with Gasteiger partial charge in [0.1, 0.15) is 5.76 Å². The van der Waals surface area contributed by atoms with Crippen molar-refractivity contribution in [2.24, 2.45) is 0 Å². The van der Waals surface area contributed by atoms with Crippen molar-refractivity contribution in [3.05, 3.63) is 12.3 Å². The minimum absolute atomic E-state index is 0.368. The van der Waals surface area contributed by atoms with Crippen molar-refractivity contribution < 1.29 is 14.3 Å². The van der Waals surface area contributed by atoms with Crippen LogP contribution in [0.1, 0.15) is 13.8 Å². The van der Waals surface area contributed by atoms with Crippen LogP contribution in [-0.4, -0.2) is 11.8 Å². The third-order valence-corrected chi connectivity index (χ3v) is 1.22. The predicted molar refractivity (Wildman–Crippen MR) is 30.8 cm³/mol. The van der Waals surface area contributed by atoms with E-state index in [4.69, 9.17) is 4.74 Å². The molecular weight excluding hydrogens is 120 g/mol. The zero-order chi connectivity index (χ0) is 7.07. The van der Waals surface area contributed by atoms with Crippen molar-refractivity contribution in [3.8, 4) is 0 Å². The van der Waals surface area contributed by atoms with Gasteiger partial charge in [-0.25, -0.2) is 4.79 Å². The van der Waals surface area contributed by atoms with E-state index in [9.17, 15) is 4.79 Å². The van der Waals surface area contributed by atoms with Gasteiger partial charge in [0.15, 0.2) is 5.60 Å². The fraction of sp³-hybridized carbons (Fsp3) is 0.500. The normalized spacial score (nSPS) is 23.3. The summed E-state index contributed by atoms with van der Waals surface area (Å²) in [5, 5.41) is 0. The summed E-state index contributed by atoms with van der Waals surface area (Å²) in [6, 6.07) is 0. The van der Waals surface area contributed by atoms with Gasteiger partial charge in [-0.05, 0) is 13.8 Å². The maximum atomic E-state index is 10.4. The van der Waals surface area contributed by atoms with Gasteiger partial charge >= 0.3 is 6.16 Å². The summed E-state index contributed by atoms with van der Waals surface area (Å²) in [7, 11) is 0. The lowest BCUT2D eigenvalue weighted by Gasteiger charge is -2.11. The lowest BCUT2D eigenvalue weighted by atomic mass is 10.1. The van der Waals surface area contributed by atoms with E-state index in [1.807, 2.05) is 0 Å². The molecule has 0 spiro atoms. The Morgan fingerprint density at radius 2 is 2.11 bits per heavy atom. The number of cyclic esters (lactones) is 2. The van der Waals surface area contributed by atoms with E-state index >= 15 is 0 Å². The van der Waals surface area contributed by atoms with Crippen LogP contribution in [-0.2, 0) is 9.47 Å². The summed E-state index contributed by atoms with van der Waals surface area (Å²) in [5.74, 6) is 0.368. The molecule has 1 heterocycles. The first kappa shape index (κ1) is 6.13. The van der Waals surface area contributed by atoms with Crippen LogP contribution in [0.15, 0.2) is 12.3 Å². The molecule has 0 radical (unpaired) electrons. The van der Waals surface area contributed by atoms with Gasteiger partial charge in [0.25, 0.3) is 0 Å². The van der Waals surface area contributed by atoms with Crippen LogP contribution < -0.4 is 0 Å². The first-order chi connectivity index (χ1) is 4.02. The number of ether oxygens (including phenoxy) is 2. The van der Waals surface area contributed by atoms with E-state index in [2.05, 4.69) is 11.3 Å². The second-order valence-corrected chi connectivity index (χ2v) is 2.39. The second-order valence-electron chi connectivity index (χ2n) is 2.39. The Morgan fingerprint density at radius 1 is 1.56 bits per heavy atom. The highest BCUT2D eigenvalue weighted by atomic mass is 16.8. The monoisotopic (exact) mass is 128 g/mol. The Morgan fingerprint density at radius 3 is 2.22 bits per heavy atom. The van der Waals surface area contributed by atoms with Crippen LogP contribution in [0.5, 0.6) is 0 Å². The molecule has 0 unspecified atom stereocenters. The summed E-state index contributed by atoms with van der Waals surface area (Å²) in [5.41, 5.74) is -0.642. The van der Waals surface area contributed by atoms with E-state index in [-0.39, 0.29) is 0 Å². The maximum Gasteiger partial charge on any atom is 0.514 e. The number of hydrogen-bond acceptors (Lipinski definition) is 3. The number of rotatable bonds is 0. The van der Waals surface area contributed by atoms with E-state index in [1.54, 1.807) is 13.8 Å². The number of carbonyl (C=O) groups is 1. The average molecular weight is 128 g/mol. The smallest absolute Gasteiger partial charge is 0.420 e. The Bertz CT molecular complexity index is 169. The first-order valence-electron chi connectivity index (χ1n) is 2.62. The summed E-state index contributed by atoms with van der Waals surface area (Å²) >= 11 is 0. The molecule has 1 aliphatic rings. The number of carbonyl (C=O) groups excluding carboxylic acids is 1. The molecule has 0 aliphatic carbocycles. The average Bonchev–Trinajstić information content (AvgIpc) is 1.79. The highest BCUT2D eigenvalue weighted by molar-refractivity contribution is 5.65. The molecular formula is C6H8O3. The van der Waals surface area contributed by atoms with Crippen molar-refractivity contribution in [3.63, 3.8) is 0 Å². The molecule has 0 amide bonds. The van der Waals surface area contributed by atoms with Crippen LogP contribution in [0.25, 0.3) is 0 Å². The second kappa shape index (κ2) is 1.50. The molecule has 0 bridgehead atoms. The summed E-state index contributed by atoms with van der Waals surface area (Å²) < 4.78 is 9.22. The molecule has 0 aromatic heterocycles. The van der Waals surface area contributed by atoms with Gasteiger partial charge in [-0.3, -0.25) is 0 Å². The van der Waals surface area contributed by atoms with Gasteiger partial charge in [-0.2, -0.15) is 0 Å². The van der Waals surface area contributed by atoms with Crippen molar-refractivity contribution >= 4 is 6.16 Å². The Balaban J connectivity index is 2.81. The predicted octanol–water partition coefficient (Wildman–Crippen LogP) is 1.45. The minimum Gasteiger partial charge on any atom is -0.420 e. The van der Waals surface area contributed by atoms with Crippen LogP contribution in [0.3, 0.4) is 0 Å². The van der Waals surface area contributed by atoms with E-state index in [0.717, 1.165) is 0 Å². The molecule has 3 nitrogen and oxygen atoms in total. The standard InChI is InChI=1S/C6H8O3/c1-4-6(2,3)9-5(7)8-4/h1H2,2-3H3. The van der Waals surface area contributed by atoms with Gasteiger partial charge in [0.05, 0.1) is 0 Å². The molecule has 1 saturated heterocycles. The van der Waals surface area contributed by atoms with Crippen LogP contribution in [0.4, 0.5) is 4.79 Å². The molecule has 9 heavy (non-hydrogen) atoms. The largest absolute Gasteiger partial charge is 0.514 e. The third kappa shape index (κ3) is 0.896. The molecule has 0 N–H and O–H groups in total. The molecule has 0 atom stereocenters. The molecule has 1 fully saturated rings. The fourth-order valence-electron chi connectivity index (χ4n) is 0.510. The minimum atomic E-state index is -0.662. The van der Waals surface area contributed by atoms with Crippen molar-refractivity contribution in [2.75, 3.05) is 0 Å². The molecule has 1 aliphatic heterocycles. The van der Waals surface area contributed by atoms with Gasteiger partial charge < -0.3 is 9.47 Å². The van der Waals surface area contributed by atoms with Crippen LogP contribution in [0.2, 0.25) is 0 Å². The quantitative estimate of drug-likeness (QED) is 0.463. The SMILES string of the molecule is C=C1OC(=O)OC1(C)C. The molecule has 0 saturated carbocycles. The summed E-state index contributed by atoms with van der Waals surface area (Å²) in [6.07, 6.45) is -0.662. The van der Waals surface area contributed by atoms with Crippen LogP contribution in [0, 0.1) is 0 Å². The van der Waals surface area contributed by atoms with E-state index in [0.29, 0.717) is 5.76 Å². The van der Waals surface area contributed by atoms with Gasteiger partial charge in [-0.1, -0.05) is 6.58 Å². The molecule has 50 valence electrons. The molecule has 0 aromatic carbocycles. The lowest BCUT2D eigenvalue weighted by molar-refractivity contribution is 0.0873. The fourth-order valence-corrected chi connectivity index (χ4v) is 0.510. The Kier molecular flexibility index (Phi) is 1.02. The van der Waals surface area contributed by atoms with Gasteiger partial charge in [0.2, 0.25) is 0 Å². The number of hydrogen-bond donors (Lipinski definition) is 0.